The lowest BCUT2D eigenvalue weighted by atomic mass is 10.2. The molecule has 0 aliphatic carbocycles. The number of hydrazone groups is 1. The fourth-order valence-corrected chi connectivity index (χ4v) is 1.93. The Kier molecular flexibility index (Phi) is 5.54. The van der Waals surface area contributed by atoms with E-state index >= 15 is 0 Å². The van der Waals surface area contributed by atoms with Crippen LogP contribution in [-0.4, -0.2) is 18.4 Å². The van der Waals surface area contributed by atoms with Crippen LogP contribution in [0.2, 0.25) is 5.02 Å². The molecule has 0 heterocycles. The van der Waals surface area contributed by atoms with Crippen molar-refractivity contribution in [1.82, 2.24) is 5.43 Å². The molecule has 2 rings (SSSR count). The van der Waals surface area contributed by atoms with Crippen LogP contribution in [0.1, 0.15) is 5.56 Å². The summed E-state index contributed by atoms with van der Waals surface area (Å²) < 4.78 is 5.09. The summed E-state index contributed by atoms with van der Waals surface area (Å²) in [6, 6.07) is 14.8. The van der Waals surface area contributed by atoms with Crippen molar-refractivity contribution in [2.75, 3.05) is 12.4 Å². The molecule has 0 bridgehead atoms. The summed E-state index contributed by atoms with van der Waals surface area (Å²) in [7, 11) is 1.62. The van der Waals surface area contributed by atoms with E-state index in [2.05, 4.69) is 15.8 Å². The first-order chi connectivity index (χ1) is 10.2. The van der Waals surface area contributed by atoms with Gasteiger partial charge in [-0.05, 0) is 42.5 Å². The summed E-state index contributed by atoms with van der Waals surface area (Å²) in [4.78, 5) is 0. The van der Waals surface area contributed by atoms with Crippen LogP contribution in [-0.2, 0) is 0 Å². The molecule has 0 radical (unpaired) electrons. The molecular formula is C15H14ClN3OS. The molecule has 0 saturated heterocycles. The van der Waals surface area contributed by atoms with Gasteiger partial charge < -0.3 is 10.1 Å². The van der Waals surface area contributed by atoms with Crippen LogP contribution in [0, 0.1) is 0 Å². The van der Waals surface area contributed by atoms with Crippen LogP contribution in [0.25, 0.3) is 0 Å². The van der Waals surface area contributed by atoms with E-state index in [1.165, 1.54) is 0 Å². The van der Waals surface area contributed by atoms with Crippen molar-refractivity contribution in [1.29, 1.82) is 0 Å². The second-order valence-electron chi connectivity index (χ2n) is 4.07. The van der Waals surface area contributed by atoms with Crippen molar-refractivity contribution in [3.8, 4) is 5.75 Å². The van der Waals surface area contributed by atoms with Gasteiger partial charge in [0, 0.05) is 16.3 Å². The van der Waals surface area contributed by atoms with Gasteiger partial charge in [-0.3, -0.25) is 5.43 Å². The summed E-state index contributed by atoms with van der Waals surface area (Å²) in [5.74, 6) is 0.788. The number of thiocarbonyl (C=S) groups is 1. The summed E-state index contributed by atoms with van der Waals surface area (Å²) in [5, 5.41) is 8.08. The molecule has 0 atom stereocenters. The zero-order valence-corrected chi connectivity index (χ0v) is 12.9. The van der Waals surface area contributed by atoms with Crippen LogP contribution in [0.5, 0.6) is 5.75 Å². The van der Waals surface area contributed by atoms with Crippen LogP contribution >= 0.6 is 23.8 Å². The Hall–Kier alpha value is -2.11. The second kappa shape index (κ2) is 7.61. The predicted molar refractivity (Wildman–Crippen MR) is 91.4 cm³/mol. The van der Waals surface area contributed by atoms with E-state index in [1.807, 2.05) is 42.5 Å². The number of halogens is 1. The van der Waals surface area contributed by atoms with Gasteiger partial charge in [0.25, 0.3) is 0 Å². The minimum Gasteiger partial charge on any atom is -0.497 e. The number of hydrogen-bond donors (Lipinski definition) is 2. The maximum absolute atomic E-state index is 6.02. The average Bonchev–Trinajstić information content (AvgIpc) is 2.50. The molecule has 0 aromatic heterocycles. The maximum Gasteiger partial charge on any atom is 0.191 e. The van der Waals surface area contributed by atoms with Gasteiger partial charge in [-0.2, -0.15) is 5.10 Å². The largest absolute Gasteiger partial charge is 0.497 e. The van der Waals surface area contributed by atoms with Gasteiger partial charge >= 0.3 is 0 Å². The summed E-state index contributed by atoms with van der Waals surface area (Å²) >= 11 is 11.2. The van der Waals surface area contributed by atoms with E-state index in [0.717, 1.165) is 17.0 Å². The monoisotopic (exact) mass is 319 g/mol. The summed E-state index contributed by atoms with van der Waals surface area (Å²) in [5.41, 5.74) is 4.40. The number of anilines is 1. The third-order valence-corrected chi connectivity index (χ3v) is 3.16. The molecule has 0 aliphatic heterocycles. The van der Waals surface area contributed by atoms with E-state index in [4.69, 9.17) is 28.6 Å². The Balaban J connectivity index is 1.88. The smallest absolute Gasteiger partial charge is 0.191 e. The molecule has 0 aliphatic rings. The van der Waals surface area contributed by atoms with E-state index in [1.54, 1.807) is 19.4 Å². The molecule has 0 spiro atoms. The first-order valence-corrected chi connectivity index (χ1v) is 6.96. The van der Waals surface area contributed by atoms with E-state index in [9.17, 15) is 0 Å². The molecule has 6 heteroatoms. The lowest BCUT2D eigenvalue weighted by molar-refractivity contribution is 0.415. The number of nitrogens with one attached hydrogen (secondary N) is 2. The molecule has 4 nitrogen and oxygen atoms in total. The topological polar surface area (TPSA) is 45.6 Å². The highest BCUT2D eigenvalue weighted by atomic mass is 35.5. The molecule has 0 saturated carbocycles. The first kappa shape index (κ1) is 15.3. The van der Waals surface area contributed by atoms with Gasteiger partial charge in [-0.1, -0.05) is 29.8 Å². The lowest BCUT2D eigenvalue weighted by Gasteiger charge is -2.07. The predicted octanol–water partition coefficient (Wildman–Crippen LogP) is 3.67. The highest BCUT2D eigenvalue weighted by molar-refractivity contribution is 7.80. The Morgan fingerprint density at radius 2 is 1.90 bits per heavy atom. The number of benzene rings is 2. The highest BCUT2D eigenvalue weighted by Gasteiger charge is 1.97. The normalized spacial score (nSPS) is 10.4. The molecular weight excluding hydrogens is 306 g/mol. The molecule has 21 heavy (non-hydrogen) atoms. The number of nitrogens with zero attached hydrogens (tertiary/aromatic N) is 1. The van der Waals surface area contributed by atoms with Crippen molar-refractivity contribution in [3.05, 3.63) is 59.1 Å². The standard InChI is InChI=1S/C15H14ClN3OS/c1-20-13-8-6-12(7-9-13)18-15(21)19-17-10-11-4-2-3-5-14(11)16/h2-10H,1H3,(H2,18,19,21)/b17-10-. The summed E-state index contributed by atoms with van der Waals surface area (Å²) in [6.45, 7) is 0. The van der Waals surface area contributed by atoms with Gasteiger partial charge in [0.2, 0.25) is 0 Å². The Morgan fingerprint density at radius 1 is 1.19 bits per heavy atom. The van der Waals surface area contributed by atoms with Crippen molar-refractivity contribution in [2.45, 2.75) is 0 Å². The number of hydrogen-bond acceptors (Lipinski definition) is 3. The molecule has 2 N–H and O–H groups in total. The molecule has 108 valence electrons. The van der Waals surface area contributed by atoms with Crippen LogP contribution in [0.4, 0.5) is 5.69 Å². The fraction of sp³-hybridized carbons (Fsp3) is 0.0667. The van der Waals surface area contributed by atoms with Crippen LogP contribution in [0.3, 0.4) is 0 Å². The second-order valence-corrected chi connectivity index (χ2v) is 4.89. The maximum atomic E-state index is 6.02. The fourth-order valence-electron chi connectivity index (χ4n) is 1.57. The Morgan fingerprint density at radius 3 is 2.57 bits per heavy atom. The molecule has 0 unspecified atom stereocenters. The quantitative estimate of drug-likeness (QED) is 0.513. The number of methoxy groups -OCH3 is 1. The minimum atomic E-state index is 0.392. The highest BCUT2D eigenvalue weighted by Crippen LogP contribution is 2.15. The Bertz CT molecular complexity index is 644. The zero-order valence-electron chi connectivity index (χ0n) is 11.3. The van der Waals surface area contributed by atoms with Crippen molar-refractivity contribution in [3.63, 3.8) is 0 Å². The number of rotatable bonds is 4. The third kappa shape index (κ3) is 4.73. The third-order valence-electron chi connectivity index (χ3n) is 2.62. The minimum absolute atomic E-state index is 0.392. The lowest BCUT2D eigenvalue weighted by Crippen LogP contribution is -2.23. The van der Waals surface area contributed by atoms with Crippen LogP contribution < -0.4 is 15.5 Å². The average molecular weight is 320 g/mol. The molecule has 0 fully saturated rings. The van der Waals surface area contributed by atoms with Crippen molar-refractivity contribution >= 4 is 40.8 Å². The van der Waals surface area contributed by atoms with Gasteiger partial charge in [0.15, 0.2) is 5.11 Å². The molecule has 0 amide bonds. The van der Waals surface area contributed by atoms with E-state index in [0.29, 0.717) is 10.1 Å². The van der Waals surface area contributed by atoms with Crippen LogP contribution in [0.15, 0.2) is 53.6 Å². The molecule has 2 aromatic carbocycles. The van der Waals surface area contributed by atoms with E-state index < -0.39 is 0 Å². The van der Waals surface area contributed by atoms with Crippen molar-refractivity contribution < 1.29 is 4.74 Å². The number of ether oxygens (including phenoxy) is 1. The van der Waals surface area contributed by atoms with E-state index in [-0.39, 0.29) is 0 Å². The first-order valence-electron chi connectivity index (χ1n) is 6.17. The SMILES string of the molecule is COc1ccc(NC(=S)N/N=C\c2ccccc2Cl)cc1. The summed E-state index contributed by atoms with van der Waals surface area (Å²) in [6.07, 6.45) is 1.62. The zero-order chi connectivity index (χ0) is 15.1. The van der Waals surface area contributed by atoms with Gasteiger partial charge in [-0.25, -0.2) is 0 Å². The Labute approximate surface area is 133 Å². The van der Waals surface area contributed by atoms with Crippen molar-refractivity contribution in [2.24, 2.45) is 5.10 Å². The van der Waals surface area contributed by atoms with Gasteiger partial charge in [0.05, 0.1) is 13.3 Å². The molecule has 2 aromatic rings. The van der Waals surface area contributed by atoms with Gasteiger partial charge in [0.1, 0.15) is 5.75 Å². The van der Waals surface area contributed by atoms with Gasteiger partial charge in [-0.15, -0.1) is 0 Å².